The second kappa shape index (κ2) is 10.3. The average Bonchev–Trinajstić information content (AvgIpc) is 3.27. The number of fused-ring (bicyclic) bond motifs is 1. The predicted octanol–water partition coefficient (Wildman–Crippen LogP) is 3.23. The molecule has 0 bridgehead atoms. The Kier molecular flexibility index (Phi) is 7.68. The summed E-state index contributed by atoms with van der Waals surface area (Å²) < 4.78 is 1.84. The van der Waals surface area contributed by atoms with Crippen molar-refractivity contribution in [2.24, 2.45) is 5.92 Å². The highest BCUT2D eigenvalue weighted by Gasteiger charge is 2.23. The van der Waals surface area contributed by atoms with Gasteiger partial charge in [-0.15, -0.1) is 45.2 Å². The van der Waals surface area contributed by atoms with Gasteiger partial charge in [-0.3, -0.25) is 4.40 Å². The Labute approximate surface area is 204 Å². The minimum atomic E-state index is 0. The van der Waals surface area contributed by atoms with E-state index < -0.39 is 0 Å². The summed E-state index contributed by atoms with van der Waals surface area (Å²) in [5, 5.41) is 30.8. The van der Waals surface area contributed by atoms with E-state index in [1.165, 1.54) is 0 Å². The number of aromatic nitrogens is 6. The third kappa shape index (κ3) is 5.00. The van der Waals surface area contributed by atoms with Crippen molar-refractivity contribution >= 4 is 36.4 Å². The molecule has 1 aliphatic heterocycles. The largest absolute Gasteiger partial charge is 0.507 e. The zero-order chi connectivity index (χ0) is 21.4. The molecule has 0 aliphatic carbocycles. The van der Waals surface area contributed by atoms with E-state index in [1.807, 2.05) is 34.9 Å². The van der Waals surface area contributed by atoms with Gasteiger partial charge in [0.25, 0.3) is 0 Å². The molecule has 0 amide bonds. The van der Waals surface area contributed by atoms with E-state index in [-0.39, 0.29) is 30.6 Å². The molecule has 1 fully saturated rings. The number of piperazine rings is 1. The third-order valence-corrected chi connectivity index (χ3v) is 5.74. The van der Waals surface area contributed by atoms with E-state index in [0.717, 1.165) is 36.4 Å². The SMILES string of the molecule is CC(C)[C@H]1CN(c2ncc(-c3ccc(-c4ccc5nncn5c4)cc3O)nn2)CCN1.Cl.Cl. The Hall–Kier alpha value is -3.01. The van der Waals surface area contributed by atoms with Crippen molar-refractivity contribution in [3.63, 3.8) is 0 Å². The zero-order valence-electron chi connectivity index (χ0n) is 18.3. The highest BCUT2D eigenvalue weighted by molar-refractivity contribution is 5.85. The summed E-state index contributed by atoms with van der Waals surface area (Å²) in [5.74, 6) is 1.29. The van der Waals surface area contributed by atoms with Crippen LogP contribution in [-0.4, -0.2) is 60.6 Å². The lowest BCUT2D eigenvalue weighted by atomic mass is 10.0. The van der Waals surface area contributed by atoms with E-state index in [2.05, 4.69) is 49.4 Å². The van der Waals surface area contributed by atoms with E-state index in [1.54, 1.807) is 18.6 Å². The molecule has 0 saturated carbocycles. The molecule has 9 nitrogen and oxygen atoms in total. The van der Waals surface area contributed by atoms with Crippen molar-refractivity contribution in [1.29, 1.82) is 0 Å². The summed E-state index contributed by atoms with van der Waals surface area (Å²) in [6.07, 6.45) is 5.25. The molecule has 33 heavy (non-hydrogen) atoms. The summed E-state index contributed by atoms with van der Waals surface area (Å²) in [7, 11) is 0. The summed E-state index contributed by atoms with van der Waals surface area (Å²) in [5.41, 5.74) is 3.75. The quantitative estimate of drug-likeness (QED) is 0.451. The second-order valence-electron chi connectivity index (χ2n) is 8.14. The van der Waals surface area contributed by atoms with E-state index >= 15 is 0 Å². The van der Waals surface area contributed by atoms with Crippen LogP contribution in [0, 0.1) is 5.92 Å². The predicted molar refractivity (Wildman–Crippen MR) is 132 cm³/mol. The number of nitrogens with zero attached hydrogens (tertiary/aromatic N) is 7. The van der Waals surface area contributed by atoms with Gasteiger partial charge in [-0.25, -0.2) is 4.98 Å². The number of aromatic hydroxyl groups is 1. The van der Waals surface area contributed by atoms with Crippen LogP contribution in [0.25, 0.3) is 28.0 Å². The molecule has 174 valence electrons. The van der Waals surface area contributed by atoms with Gasteiger partial charge in [0.2, 0.25) is 5.95 Å². The first-order chi connectivity index (χ1) is 15.1. The molecule has 0 unspecified atom stereocenters. The molecule has 2 N–H and O–H groups in total. The highest BCUT2D eigenvalue weighted by Crippen LogP contribution is 2.32. The molecule has 4 heterocycles. The minimum absolute atomic E-state index is 0. The van der Waals surface area contributed by atoms with E-state index in [0.29, 0.717) is 29.2 Å². The molecule has 11 heteroatoms. The maximum absolute atomic E-state index is 10.6. The monoisotopic (exact) mass is 488 g/mol. The van der Waals surface area contributed by atoms with Gasteiger partial charge in [-0.2, -0.15) is 0 Å². The first-order valence-electron chi connectivity index (χ1n) is 10.4. The van der Waals surface area contributed by atoms with Crippen molar-refractivity contribution in [3.05, 3.63) is 49.1 Å². The summed E-state index contributed by atoms with van der Waals surface area (Å²) >= 11 is 0. The van der Waals surface area contributed by atoms with Gasteiger partial charge < -0.3 is 15.3 Å². The van der Waals surface area contributed by atoms with Gasteiger partial charge in [0.15, 0.2) is 5.65 Å². The second-order valence-corrected chi connectivity index (χ2v) is 8.14. The number of pyridine rings is 1. The van der Waals surface area contributed by atoms with Gasteiger partial charge >= 0.3 is 0 Å². The van der Waals surface area contributed by atoms with Crippen molar-refractivity contribution in [2.45, 2.75) is 19.9 Å². The molecule has 3 aromatic heterocycles. The van der Waals surface area contributed by atoms with E-state index in [9.17, 15) is 5.11 Å². The number of phenols is 1. The number of hydrogen-bond donors (Lipinski definition) is 2. The number of benzene rings is 1. The lowest BCUT2D eigenvalue weighted by molar-refractivity contribution is 0.365. The summed E-state index contributed by atoms with van der Waals surface area (Å²) in [6, 6.07) is 9.76. The molecule has 1 aromatic carbocycles. The third-order valence-electron chi connectivity index (χ3n) is 5.74. The molecule has 5 rings (SSSR count). The Balaban J connectivity index is 0.00000153. The highest BCUT2D eigenvalue weighted by atomic mass is 35.5. The molecule has 0 radical (unpaired) electrons. The van der Waals surface area contributed by atoms with Gasteiger partial charge in [0.1, 0.15) is 17.8 Å². The van der Waals surface area contributed by atoms with Gasteiger partial charge in [0.05, 0.1) is 6.20 Å². The number of hydrogen-bond acceptors (Lipinski definition) is 8. The number of anilines is 1. The van der Waals surface area contributed by atoms with Crippen LogP contribution in [0.4, 0.5) is 5.95 Å². The summed E-state index contributed by atoms with van der Waals surface area (Å²) in [4.78, 5) is 6.67. The van der Waals surface area contributed by atoms with Crippen LogP contribution in [0.2, 0.25) is 0 Å². The van der Waals surface area contributed by atoms with Crippen molar-refractivity contribution in [1.82, 2.24) is 35.1 Å². The number of rotatable bonds is 4. The molecule has 0 spiro atoms. The molecule has 1 atom stereocenters. The minimum Gasteiger partial charge on any atom is -0.507 e. The standard InChI is InChI=1S/C22H24N8O.2ClH/c1-14(2)19-12-29(8-7-23-19)22-24-10-18(26-28-22)17-5-3-15(9-20(17)31)16-4-6-21-27-25-13-30(21)11-16;;/h3-6,9-11,13-14,19,23,31H,7-8,12H2,1-2H3;2*1H/t19-;;/m1../s1. The average molecular weight is 489 g/mol. The first-order valence-corrected chi connectivity index (χ1v) is 10.4. The Morgan fingerprint density at radius 3 is 2.61 bits per heavy atom. The molecule has 1 saturated heterocycles. The smallest absolute Gasteiger partial charge is 0.245 e. The molecular formula is C22H26Cl2N8O. The van der Waals surface area contributed by atoms with E-state index in [4.69, 9.17) is 0 Å². The fraction of sp³-hybridized carbons (Fsp3) is 0.318. The maximum Gasteiger partial charge on any atom is 0.245 e. The summed E-state index contributed by atoms with van der Waals surface area (Å²) in [6.45, 7) is 7.02. The van der Waals surface area contributed by atoms with Crippen LogP contribution < -0.4 is 10.2 Å². The van der Waals surface area contributed by atoms with Crippen molar-refractivity contribution in [3.8, 4) is 28.1 Å². The van der Waals surface area contributed by atoms with Crippen molar-refractivity contribution in [2.75, 3.05) is 24.5 Å². The van der Waals surface area contributed by atoms with Crippen molar-refractivity contribution < 1.29 is 5.11 Å². The van der Waals surface area contributed by atoms with Crippen LogP contribution in [0.15, 0.2) is 49.1 Å². The fourth-order valence-corrected chi connectivity index (χ4v) is 3.87. The van der Waals surface area contributed by atoms with Crippen LogP contribution in [0.3, 0.4) is 0 Å². The Morgan fingerprint density at radius 1 is 1.06 bits per heavy atom. The van der Waals surface area contributed by atoms with Gasteiger partial charge in [0, 0.05) is 37.4 Å². The Bertz CT molecular complexity index is 1210. The molecular weight excluding hydrogens is 463 g/mol. The normalized spacial score (nSPS) is 15.8. The van der Waals surface area contributed by atoms with Crippen LogP contribution in [-0.2, 0) is 0 Å². The first kappa shape index (κ1) is 24.6. The zero-order valence-corrected chi connectivity index (χ0v) is 19.9. The molecule has 4 aromatic rings. The lowest BCUT2D eigenvalue weighted by Gasteiger charge is -2.35. The van der Waals surface area contributed by atoms with Gasteiger partial charge in [-0.1, -0.05) is 19.9 Å². The van der Waals surface area contributed by atoms with Crippen LogP contribution in [0.5, 0.6) is 5.75 Å². The topological polar surface area (TPSA) is 104 Å². The molecule has 1 aliphatic rings. The Morgan fingerprint density at radius 2 is 1.88 bits per heavy atom. The van der Waals surface area contributed by atoms with Crippen LogP contribution >= 0.6 is 24.8 Å². The number of halogens is 2. The number of phenolic OH excluding ortho intramolecular Hbond substituents is 1. The van der Waals surface area contributed by atoms with Gasteiger partial charge in [-0.05, 0) is 41.3 Å². The van der Waals surface area contributed by atoms with Crippen LogP contribution in [0.1, 0.15) is 13.8 Å². The lowest BCUT2D eigenvalue weighted by Crippen LogP contribution is -2.53. The fourth-order valence-electron chi connectivity index (χ4n) is 3.87. The number of nitrogens with one attached hydrogen (secondary N) is 1. The maximum atomic E-state index is 10.6.